The van der Waals surface area contributed by atoms with Gasteiger partial charge in [-0.2, -0.15) is 0 Å². The smallest absolute Gasteiger partial charge is 0.302 e. The Kier molecular flexibility index (Phi) is 21.3. The van der Waals surface area contributed by atoms with Gasteiger partial charge in [0.05, 0.1) is 38.5 Å². The Balaban J connectivity index is 1.33. The molecule has 244 valence electrons. The maximum Gasteiger partial charge on any atom is 0.302 e. The maximum absolute atomic E-state index is 10.9. The van der Waals surface area contributed by atoms with E-state index in [1.807, 2.05) is 70.6 Å². The molecule has 0 radical (unpaired) electrons. The number of esters is 2. The molecule has 0 spiro atoms. The van der Waals surface area contributed by atoms with Gasteiger partial charge in [-0.15, -0.1) is 139 Å². The summed E-state index contributed by atoms with van der Waals surface area (Å²) < 4.78 is 21.0. The Labute approximate surface area is 324 Å². The minimum absolute atomic E-state index is 0.222. The van der Waals surface area contributed by atoms with Gasteiger partial charge in [0.2, 0.25) is 0 Å². The van der Waals surface area contributed by atoms with Crippen LogP contribution in [0, 0.1) is 9.41 Å². The molecule has 0 atom stereocenters. The molecule has 0 saturated heterocycles. The van der Waals surface area contributed by atoms with Crippen LogP contribution in [0.3, 0.4) is 0 Å². The number of hydrogen-bond acceptors (Lipinski definition) is 19. The largest absolute Gasteiger partial charge is 0.466 e. The van der Waals surface area contributed by atoms with Crippen molar-refractivity contribution in [1.29, 1.82) is 0 Å². The molecule has 3 aromatic rings. The first-order valence-corrected chi connectivity index (χ1v) is 25.2. The van der Waals surface area contributed by atoms with Crippen molar-refractivity contribution in [2.75, 3.05) is 47.7 Å². The highest BCUT2D eigenvalue weighted by molar-refractivity contribution is 8.06. The lowest BCUT2D eigenvalue weighted by Gasteiger charge is -2.05. The van der Waals surface area contributed by atoms with E-state index in [0.717, 1.165) is 69.6 Å². The van der Waals surface area contributed by atoms with E-state index in [4.69, 9.17) is 46.1 Å². The summed E-state index contributed by atoms with van der Waals surface area (Å²) in [5.74, 6) is 5.67. The average molecular weight is 876 g/mol. The van der Waals surface area contributed by atoms with Crippen molar-refractivity contribution >= 4 is 187 Å². The highest BCUT2D eigenvalue weighted by Crippen LogP contribution is 2.44. The fraction of sp³-hybridized carbons (Fsp3) is 0.560. The second kappa shape index (κ2) is 23.3. The van der Waals surface area contributed by atoms with Crippen LogP contribution in [0.4, 0.5) is 0 Å². The monoisotopic (exact) mass is 874 g/mol. The average Bonchev–Trinajstić information content (AvgIpc) is 3.62. The van der Waals surface area contributed by atoms with Crippen molar-refractivity contribution in [3.05, 3.63) is 9.41 Å². The van der Waals surface area contributed by atoms with E-state index in [1.165, 1.54) is 39.1 Å². The summed E-state index contributed by atoms with van der Waals surface area (Å²) in [5.41, 5.74) is 0. The number of rotatable bonds is 22. The third-order valence-corrected chi connectivity index (χ3v) is 22.0. The predicted octanol–water partition coefficient (Wildman–Crippen LogP) is 12.9. The van der Waals surface area contributed by atoms with E-state index in [0.29, 0.717) is 13.2 Å². The molecule has 3 aromatic heterocycles. The molecule has 0 bridgehead atoms. The topological polar surface area (TPSA) is 52.6 Å². The van der Waals surface area contributed by atoms with Gasteiger partial charge in [0.1, 0.15) is 9.41 Å². The van der Waals surface area contributed by atoms with Gasteiger partial charge in [-0.3, -0.25) is 9.59 Å². The standard InChI is InChI=1S/C25H30O4S15/c1-15(26)28-7-3-9-33-17-19(41-23(30)39-17)35-11-5-13-37-21-22(44-25(32)43-21)38-14-6-12-36-20-18(40-24(31)42-20)34-10-4-8-29-16(2)27/h3-14H2,1-2H3. The summed E-state index contributed by atoms with van der Waals surface area (Å²) in [6.45, 7) is 3.84. The lowest BCUT2D eigenvalue weighted by Crippen LogP contribution is -2.00. The number of thioether (sulfide) groups is 6. The SMILES string of the molecule is CC(=O)OCCCSc1sc(=S)sc1SCCCSc1sc(=S)sc1SCCCSc1sc(=S)sc1SCCCOC(C)=O. The summed E-state index contributed by atoms with van der Waals surface area (Å²) in [6.07, 6.45) is 3.93. The van der Waals surface area contributed by atoms with Crippen molar-refractivity contribution in [1.82, 2.24) is 0 Å². The molecule has 4 nitrogen and oxygen atoms in total. The molecule has 3 rings (SSSR count). The highest BCUT2D eigenvalue weighted by Gasteiger charge is 2.13. The van der Waals surface area contributed by atoms with Crippen molar-refractivity contribution in [3.63, 3.8) is 0 Å². The predicted molar refractivity (Wildman–Crippen MR) is 215 cm³/mol. The molecule has 0 fully saturated rings. The van der Waals surface area contributed by atoms with Gasteiger partial charge in [-0.1, -0.05) is 36.7 Å². The Morgan fingerprint density at radius 2 is 0.705 bits per heavy atom. The molecule has 19 heteroatoms. The molecular formula is C25H30O4S15. The van der Waals surface area contributed by atoms with Crippen LogP contribution >= 0.6 is 175 Å². The molecule has 0 amide bonds. The maximum atomic E-state index is 10.9. The van der Waals surface area contributed by atoms with Crippen LogP contribution < -0.4 is 0 Å². The summed E-state index contributed by atoms with van der Waals surface area (Å²) in [5, 5.41) is 0. The van der Waals surface area contributed by atoms with Crippen molar-refractivity contribution in [2.45, 2.75) is 64.8 Å². The zero-order valence-corrected chi connectivity index (χ0v) is 36.0. The van der Waals surface area contributed by atoms with E-state index in [9.17, 15) is 9.59 Å². The summed E-state index contributed by atoms with van der Waals surface area (Å²) >= 11 is 38.1. The summed E-state index contributed by atoms with van der Waals surface area (Å²) in [6, 6.07) is 0. The van der Waals surface area contributed by atoms with Gasteiger partial charge in [0, 0.05) is 25.4 Å². The number of carbonyl (C=O) groups excluding carboxylic acids is 2. The van der Waals surface area contributed by atoms with Crippen LogP contribution in [-0.2, 0) is 19.1 Å². The molecule has 44 heavy (non-hydrogen) atoms. The number of ether oxygens (including phenoxy) is 2. The molecule has 3 heterocycles. The van der Waals surface area contributed by atoms with Crippen LogP contribution in [0.5, 0.6) is 0 Å². The molecule has 0 aliphatic carbocycles. The van der Waals surface area contributed by atoms with Crippen LogP contribution in [0.15, 0.2) is 25.3 Å². The zero-order valence-electron chi connectivity index (χ0n) is 23.7. The second-order valence-corrected chi connectivity index (χ2v) is 26.1. The fourth-order valence-corrected chi connectivity index (χ4v) is 21.7. The molecular weight excluding hydrogens is 845 g/mol. The molecule has 0 aromatic carbocycles. The van der Waals surface area contributed by atoms with E-state index < -0.39 is 0 Å². The second-order valence-electron chi connectivity index (χ2n) is 8.27. The third kappa shape index (κ3) is 16.5. The number of hydrogen-bond donors (Lipinski definition) is 0. The van der Waals surface area contributed by atoms with Gasteiger partial charge < -0.3 is 9.47 Å². The first-order valence-electron chi connectivity index (χ1n) is 13.2. The minimum Gasteiger partial charge on any atom is -0.466 e. The highest BCUT2D eigenvalue weighted by atomic mass is 32.2. The third-order valence-electron chi connectivity index (χ3n) is 4.72. The van der Waals surface area contributed by atoms with Crippen molar-refractivity contribution in [2.24, 2.45) is 0 Å². The van der Waals surface area contributed by atoms with E-state index in [2.05, 4.69) is 0 Å². The van der Waals surface area contributed by atoms with Gasteiger partial charge >= 0.3 is 11.9 Å². The quantitative estimate of drug-likeness (QED) is 0.0417. The van der Waals surface area contributed by atoms with E-state index in [1.54, 1.807) is 68.0 Å². The lowest BCUT2D eigenvalue weighted by atomic mass is 10.5. The van der Waals surface area contributed by atoms with E-state index in [-0.39, 0.29) is 11.9 Å². The molecule has 0 N–H and O–H groups in total. The summed E-state index contributed by atoms with van der Waals surface area (Å²) in [7, 11) is 0. The van der Waals surface area contributed by atoms with Crippen LogP contribution in [-0.4, -0.2) is 59.7 Å². The van der Waals surface area contributed by atoms with Crippen LogP contribution in [0.25, 0.3) is 0 Å². The first-order chi connectivity index (χ1) is 21.2. The van der Waals surface area contributed by atoms with Gasteiger partial charge in [-0.25, -0.2) is 0 Å². The summed E-state index contributed by atoms with van der Waals surface area (Å²) in [4.78, 5) is 21.9. The first kappa shape index (κ1) is 40.3. The van der Waals surface area contributed by atoms with Crippen molar-refractivity contribution in [3.8, 4) is 0 Å². The van der Waals surface area contributed by atoms with Gasteiger partial charge in [0.15, 0.2) is 0 Å². The van der Waals surface area contributed by atoms with Crippen LogP contribution in [0.1, 0.15) is 39.5 Å². The molecule has 0 saturated carbocycles. The van der Waals surface area contributed by atoms with Gasteiger partial charge in [-0.05, 0) is 48.7 Å². The zero-order chi connectivity index (χ0) is 31.7. The molecule has 0 aliphatic heterocycles. The van der Waals surface area contributed by atoms with Crippen molar-refractivity contribution < 1.29 is 19.1 Å². The Hall–Kier alpha value is 1.85. The Morgan fingerprint density at radius 1 is 0.477 bits per heavy atom. The normalized spacial score (nSPS) is 11.2. The lowest BCUT2D eigenvalue weighted by molar-refractivity contribution is -0.141. The Morgan fingerprint density at radius 3 is 0.932 bits per heavy atom. The molecule has 0 unspecified atom stereocenters. The van der Waals surface area contributed by atoms with Crippen LogP contribution in [0.2, 0.25) is 0 Å². The van der Waals surface area contributed by atoms with Gasteiger partial charge in [0.25, 0.3) is 0 Å². The number of carbonyl (C=O) groups is 2. The molecule has 0 aliphatic rings. The fourth-order valence-electron chi connectivity index (χ4n) is 2.95. The van der Waals surface area contributed by atoms with E-state index >= 15 is 0 Å². The minimum atomic E-state index is -0.222. The Bertz CT molecular complexity index is 1370.